The summed E-state index contributed by atoms with van der Waals surface area (Å²) in [6.07, 6.45) is 0. The molecule has 3 rings (SSSR count). The van der Waals surface area contributed by atoms with Crippen molar-refractivity contribution in [2.75, 3.05) is 5.32 Å². The summed E-state index contributed by atoms with van der Waals surface area (Å²) < 4.78 is 7.03. The van der Waals surface area contributed by atoms with Crippen LogP contribution in [0.25, 0.3) is 11.3 Å². The highest BCUT2D eigenvalue weighted by molar-refractivity contribution is 5.93. The molecule has 1 atom stereocenters. The van der Waals surface area contributed by atoms with Crippen LogP contribution in [0.1, 0.15) is 29.9 Å². The van der Waals surface area contributed by atoms with E-state index in [4.69, 9.17) is 4.52 Å². The van der Waals surface area contributed by atoms with Gasteiger partial charge in [0, 0.05) is 16.8 Å². The quantitative estimate of drug-likeness (QED) is 0.795. The Kier molecular flexibility index (Phi) is 4.20. The summed E-state index contributed by atoms with van der Waals surface area (Å²) in [7, 11) is 0. The molecule has 0 saturated heterocycles. The molecule has 0 radical (unpaired) electrons. The molecular weight excluding hydrogens is 304 g/mol. The van der Waals surface area contributed by atoms with Gasteiger partial charge in [0.15, 0.2) is 0 Å². The lowest BCUT2D eigenvalue weighted by molar-refractivity contribution is -0.119. The second-order valence-electron chi connectivity index (χ2n) is 5.89. The molecule has 1 amide bonds. The number of hydrogen-bond donors (Lipinski definition) is 1. The number of rotatable bonds is 4. The van der Waals surface area contributed by atoms with Crippen LogP contribution in [0, 0.1) is 20.8 Å². The van der Waals surface area contributed by atoms with Gasteiger partial charge in [-0.3, -0.25) is 14.8 Å². The van der Waals surface area contributed by atoms with E-state index in [-0.39, 0.29) is 5.91 Å². The fourth-order valence-electron chi connectivity index (χ4n) is 2.68. The zero-order chi connectivity index (χ0) is 17.3. The van der Waals surface area contributed by atoms with Crippen LogP contribution < -0.4 is 5.32 Å². The highest BCUT2D eigenvalue weighted by Crippen LogP contribution is 2.28. The van der Waals surface area contributed by atoms with Crippen molar-refractivity contribution in [1.82, 2.24) is 14.9 Å². The van der Waals surface area contributed by atoms with Gasteiger partial charge >= 0.3 is 0 Å². The first-order chi connectivity index (χ1) is 11.5. The summed E-state index contributed by atoms with van der Waals surface area (Å²) in [5.41, 5.74) is 4.30. The molecule has 0 aliphatic heterocycles. The summed E-state index contributed by atoms with van der Waals surface area (Å²) in [4.78, 5) is 12.5. The molecule has 3 aromatic rings. The maximum atomic E-state index is 12.5. The number of carbonyl (C=O) groups is 1. The second-order valence-corrected chi connectivity index (χ2v) is 5.89. The minimum absolute atomic E-state index is 0.194. The predicted octanol–water partition coefficient (Wildman–Crippen LogP) is 3.66. The predicted molar refractivity (Wildman–Crippen MR) is 91.7 cm³/mol. The molecule has 1 N–H and O–H groups in total. The number of hydrogen-bond acceptors (Lipinski definition) is 4. The molecule has 2 aromatic heterocycles. The number of amides is 1. The summed E-state index contributed by atoms with van der Waals surface area (Å²) in [6, 6.07) is 11.2. The van der Waals surface area contributed by atoms with Crippen LogP contribution in [0.15, 0.2) is 40.9 Å². The van der Waals surface area contributed by atoms with Crippen LogP contribution in [0.4, 0.5) is 5.88 Å². The van der Waals surface area contributed by atoms with Crippen molar-refractivity contribution in [3.05, 3.63) is 53.3 Å². The SMILES string of the molecule is Cc1cc(C)n(C(C)C(=O)Nc2onc(-c3ccccc3)c2C)n1. The summed E-state index contributed by atoms with van der Waals surface area (Å²) >= 11 is 0. The largest absolute Gasteiger partial charge is 0.338 e. The van der Waals surface area contributed by atoms with Crippen molar-refractivity contribution in [2.24, 2.45) is 0 Å². The van der Waals surface area contributed by atoms with E-state index in [0.29, 0.717) is 5.88 Å². The van der Waals surface area contributed by atoms with Crippen molar-refractivity contribution in [3.63, 3.8) is 0 Å². The average molecular weight is 324 g/mol. The molecule has 24 heavy (non-hydrogen) atoms. The average Bonchev–Trinajstić information content (AvgIpc) is 3.10. The fourth-order valence-corrected chi connectivity index (χ4v) is 2.68. The maximum absolute atomic E-state index is 12.5. The van der Waals surface area contributed by atoms with Gasteiger partial charge in [0.25, 0.3) is 5.91 Å². The third-order valence-corrected chi connectivity index (χ3v) is 4.00. The number of aromatic nitrogens is 3. The zero-order valence-electron chi connectivity index (χ0n) is 14.2. The third kappa shape index (κ3) is 2.95. The first-order valence-electron chi connectivity index (χ1n) is 7.82. The molecule has 0 aliphatic rings. The van der Waals surface area contributed by atoms with Crippen LogP contribution in [0.2, 0.25) is 0 Å². The third-order valence-electron chi connectivity index (χ3n) is 4.00. The lowest BCUT2D eigenvalue weighted by Gasteiger charge is -2.13. The molecule has 0 bridgehead atoms. The minimum atomic E-state index is -0.441. The Morgan fingerprint density at radius 2 is 1.92 bits per heavy atom. The Bertz CT molecular complexity index is 865. The van der Waals surface area contributed by atoms with Gasteiger partial charge in [-0.2, -0.15) is 5.10 Å². The molecule has 6 nitrogen and oxygen atoms in total. The lowest BCUT2D eigenvalue weighted by Crippen LogP contribution is -2.25. The molecular formula is C18H20N4O2. The van der Waals surface area contributed by atoms with Crippen LogP contribution in [-0.4, -0.2) is 20.8 Å². The van der Waals surface area contributed by atoms with E-state index in [1.807, 2.05) is 57.2 Å². The molecule has 0 aliphatic carbocycles. The van der Waals surface area contributed by atoms with Gasteiger partial charge < -0.3 is 4.52 Å². The lowest BCUT2D eigenvalue weighted by atomic mass is 10.1. The highest BCUT2D eigenvalue weighted by atomic mass is 16.5. The molecule has 1 aromatic carbocycles. The molecule has 1 unspecified atom stereocenters. The van der Waals surface area contributed by atoms with E-state index in [2.05, 4.69) is 15.6 Å². The van der Waals surface area contributed by atoms with E-state index in [0.717, 1.165) is 28.2 Å². The minimum Gasteiger partial charge on any atom is -0.338 e. The number of benzene rings is 1. The number of anilines is 1. The van der Waals surface area contributed by atoms with Gasteiger partial charge in [-0.15, -0.1) is 0 Å². The first kappa shape index (κ1) is 16.0. The Labute approximate surface area is 140 Å². The van der Waals surface area contributed by atoms with Crippen molar-refractivity contribution in [1.29, 1.82) is 0 Å². The second kappa shape index (κ2) is 6.31. The van der Waals surface area contributed by atoms with Crippen LogP contribution in [0.3, 0.4) is 0 Å². The fraction of sp³-hybridized carbons (Fsp3) is 0.278. The summed E-state index contributed by atoms with van der Waals surface area (Å²) in [5, 5.41) is 11.2. The van der Waals surface area contributed by atoms with Crippen LogP contribution in [0.5, 0.6) is 0 Å². The van der Waals surface area contributed by atoms with Crippen molar-refractivity contribution >= 4 is 11.8 Å². The van der Waals surface area contributed by atoms with Gasteiger partial charge in [-0.1, -0.05) is 35.5 Å². The first-order valence-corrected chi connectivity index (χ1v) is 7.82. The van der Waals surface area contributed by atoms with E-state index >= 15 is 0 Å². The van der Waals surface area contributed by atoms with E-state index in [1.165, 1.54) is 0 Å². The Balaban J connectivity index is 1.80. The standard InChI is InChI=1S/C18H20N4O2/c1-11-10-12(2)22(20-11)14(4)17(23)19-18-13(3)16(21-24-18)15-8-6-5-7-9-15/h5-10,14H,1-4H3,(H,19,23). The number of nitrogens with zero attached hydrogens (tertiary/aromatic N) is 3. The monoisotopic (exact) mass is 324 g/mol. The van der Waals surface area contributed by atoms with Crippen molar-refractivity contribution < 1.29 is 9.32 Å². The highest BCUT2D eigenvalue weighted by Gasteiger charge is 2.21. The normalized spacial score (nSPS) is 12.2. The van der Waals surface area contributed by atoms with Crippen LogP contribution in [-0.2, 0) is 4.79 Å². The topological polar surface area (TPSA) is 73.0 Å². The van der Waals surface area contributed by atoms with Gasteiger partial charge in [-0.25, -0.2) is 0 Å². The Morgan fingerprint density at radius 3 is 2.54 bits per heavy atom. The molecule has 0 spiro atoms. The molecule has 0 fully saturated rings. The van der Waals surface area contributed by atoms with Gasteiger partial charge in [0.05, 0.1) is 5.69 Å². The Hall–Kier alpha value is -2.89. The molecule has 0 saturated carbocycles. The molecule has 6 heteroatoms. The smallest absolute Gasteiger partial charge is 0.251 e. The maximum Gasteiger partial charge on any atom is 0.251 e. The van der Waals surface area contributed by atoms with Crippen molar-refractivity contribution in [3.8, 4) is 11.3 Å². The van der Waals surface area contributed by atoms with E-state index in [9.17, 15) is 4.79 Å². The number of aryl methyl sites for hydroxylation is 2. The summed E-state index contributed by atoms with van der Waals surface area (Å²) in [6.45, 7) is 7.51. The number of nitrogens with one attached hydrogen (secondary N) is 1. The molecule has 124 valence electrons. The van der Waals surface area contributed by atoms with Gasteiger partial charge in [-0.05, 0) is 33.8 Å². The van der Waals surface area contributed by atoms with Gasteiger partial charge in [0.1, 0.15) is 11.7 Å². The molecule has 2 heterocycles. The summed E-state index contributed by atoms with van der Waals surface area (Å²) in [5.74, 6) is 0.173. The Morgan fingerprint density at radius 1 is 1.21 bits per heavy atom. The van der Waals surface area contributed by atoms with E-state index < -0.39 is 6.04 Å². The zero-order valence-corrected chi connectivity index (χ0v) is 14.2. The van der Waals surface area contributed by atoms with Crippen LogP contribution >= 0.6 is 0 Å². The van der Waals surface area contributed by atoms with E-state index in [1.54, 1.807) is 11.6 Å². The number of carbonyl (C=O) groups excluding carboxylic acids is 1. The van der Waals surface area contributed by atoms with Crippen molar-refractivity contribution in [2.45, 2.75) is 33.7 Å². The van der Waals surface area contributed by atoms with Gasteiger partial charge in [0.2, 0.25) is 5.88 Å².